The second-order valence-electron chi connectivity index (χ2n) is 4.80. The van der Waals surface area contributed by atoms with Crippen LogP contribution >= 0.6 is 11.8 Å². The van der Waals surface area contributed by atoms with Gasteiger partial charge in [0.15, 0.2) is 5.12 Å². The monoisotopic (exact) mass is 314 g/mol. The second kappa shape index (κ2) is 8.39. The minimum absolute atomic E-state index is 0.0623. The van der Waals surface area contributed by atoms with Crippen molar-refractivity contribution in [3.63, 3.8) is 0 Å². The van der Waals surface area contributed by atoms with Crippen LogP contribution in [-0.2, 0) is 16.0 Å². The molecule has 0 unspecified atom stereocenters. The van der Waals surface area contributed by atoms with Crippen LogP contribution in [0.5, 0.6) is 0 Å². The molecule has 0 spiro atoms. The second-order valence-corrected chi connectivity index (χ2v) is 5.90. The molecule has 2 rings (SSSR count). The molecule has 0 aliphatic rings. The van der Waals surface area contributed by atoms with E-state index < -0.39 is 5.97 Å². The molecule has 0 amide bonds. The topological polar surface area (TPSA) is 43.4 Å². The molecule has 0 aliphatic carbocycles. The number of carbonyl (C=O) groups excluding carboxylic acids is 2. The first-order chi connectivity index (χ1) is 10.7. The summed E-state index contributed by atoms with van der Waals surface area (Å²) in [6, 6.07) is 17.1. The maximum absolute atomic E-state index is 12.1. The fourth-order valence-corrected chi connectivity index (χ4v) is 2.99. The Bertz CT molecular complexity index is 638. The van der Waals surface area contributed by atoms with Gasteiger partial charge in [0.05, 0.1) is 12.7 Å². The molecule has 0 fully saturated rings. The largest absolute Gasteiger partial charge is 0.465 e. The van der Waals surface area contributed by atoms with E-state index in [1.54, 1.807) is 18.2 Å². The van der Waals surface area contributed by atoms with Crippen molar-refractivity contribution in [2.75, 3.05) is 7.11 Å². The number of aryl methyl sites for hydroxylation is 1. The minimum Gasteiger partial charge on any atom is -0.465 e. The predicted molar refractivity (Wildman–Crippen MR) is 88.0 cm³/mol. The summed E-state index contributed by atoms with van der Waals surface area (Å²) in [4.78, 5) is 24.4. The molecule has 0 bridgehead atoms. The summed E-state index contributed by atoms with van der Waals surface area (Å²) < 4.78 is 4.73. The van der Waals surface area contributed by atoms with Gasteiger partial charge in [-0.15, -0.1) is 0 Å². The van der Waals surface area contributed by atoms with Crippen LogP contribution in [0.2, 0.25) is 0 Å². The molecule has 2 aromatic carbocycles. The van der Waals surface area contributed by atoms with E-state index in [0.717, 1.165) is 24.6 Å². The van der Waals surface area contributed by atoms with Crippen molar-refractivity contribution in [1.29, 1.82) is 0 Å². The summed E-state index contributed by atoms with van der Waals surface area (Å²) in [7, 11) is 1.34. The van der Waals surface area contributed by atoms with E-state index in [-0.39, 0.29) is 5.12 Å². The first-order valence-electron chi connectivity index (χ1n) is 7.12. The molecular formula is C18H18O3S. The zero-order valence-electron chi connectivity index (χ0n) is 12.5. The fraction of sp³-hybridized carbons (Fsp3) is 0.222. The van der Waals surface area contributed by atoms with Crippen LogP contribution in [0.25, 0.3) is 0 Å². The Morgan fingerprint density at radius 2 is 1.68 bits per heavy atom. The Morgan fingerprint density at radius 3 is 2.41 bits per heavy atom. The maximum Gasteiger partial charge on any atom is 0.339 e. The Morgan fingerprint density at radius 1 is 1.00 bits per heavy atom. The van der Waals surface area contributed by atoms with Gasteiger partial charge < -0.3 is 4.74 Å². The lowest BCUT2D eigenvalue weighted by atomic mass is 10.1. The molecule has 0 saturated carbocycles. The van der Waals surface area contributed by atoms with E-state index in [2.05, 4.69) is 12.1 Å². The third kappa shape index (κ3) is 4.74. The molecule has 22 heavy (non-hydrogen) atoms. The van der Waals surface area contributed by atoms with Crippen molar-refractivity contribution in [3.05, 3.63) is 65.7 Å². The van der Waals surface area contributed by atoms with Crippen LogP contribution in [0.1, 0.15) is 28.8 Å². The quantitative estimate of drug-likeness (QED) is 0.594. The number of hydrogen-bond acceptors (Lipinski definition) is 4. The van der Waals surface area contributed by atoms with Gasteiger partial charge in [0.1, 0.15) is 0 Å². The zero-order valence-corrected chi connectivity index (χ0v) is 13.3. The Kier molecular flexibility index (Phi) is 6.22. The Balaban J connectivity index is 1.88. The smallest absolute Gasteiger partial charge is 0.339 e. The van der Waals surface area contributed by atoms with Crippen LogP contribution in [0.3, 0.4) is 0 Å². The zero-order chi connectivity index (χ0) is 15.8. The van der Waals surface area contributed by atoms with Gasteiger partial charge >= 0.3 is 5.97 Å². The summed E-state index contributed by atoms with van der Waals surface area (Å²) in [5, 5.41) is 0.0623. The highest BCUT2D eigenvalue weighted by Crippen LogP contribution is 2.25. The molecule has 0 atom stereocenters. The molecule has 0 aromatic heterocycles. The summed E-state index contributed by atoms with van der Waals surface area (Å²) in [6.45, 7) is 0. The van der Waals surface area contributed by atoms with Crippen molar-refractivity contribution in [2.24, 2.45) is 0 Å². The standard InChI is InChI=1S/C18H18O3S/c1-21-18(20)15-11-5-6-12-16(15)22-17(19)13-7-10-14-8-3-2-4-9-14/h2-6,8-9,11-12H,7,10,13H2,1H3. The number of rotatable bonds is 6. The van der Waals surface area contributed by atoms with Crippen LogP contribution in [0, 0.1) is 0 Å². The number of carbonyl (C=O) groups is 2. The van der Waals surface area contributed by atoms with Gasteiger partial charge in [-0.25, -0.2) is 4.79 Å². The normalized spacial score (nSPS) is 10.2. The molecule has 3 nitrogen and oxygen atoms in total. The lowest BCUT2D eigenvalue weighted by Gasteiger charge is -2.06. The first-order valence-corrected chi connectivity index (χ1v) is 7.94. The SMILES string of the molecule is COC(=O)c1ccccc1SC(=O)CCCc1ccccc1. The first kappa shape index (κ1) is 16.3. The van der Waals surface area contributed by atoms with Crippen LogP contribution < -0.4 is 0 Å². The number of methoxy groups -OCH3 is 1. The van der Waals surface area contributed by atoms with Crippen molar-refractivity contribution < 1.29 is 14.3 Å². The molecule has 0 radical (unpaired) electrons. The third-order valence-corrected chi connectivity index (χ3v) is 4.21. The van der Waals surface area contributed by atoms with Crippen molar-refractivity contribution in [3.8, 4) is 0 Å². The average Bonchev–Trinajstić information content (AvgIpc) is 2.55. The Labute approximate surface area is 134 Å². The lowest BCUT2D eigenvalue weighted by molar-refractivity contribution is -0.111. The van der Waals surface area contributed by atoms with Gasteiger partial charge in [0.25, 0.3) is 0 Å². The van der Waals surface area contributed by atoms with Crippen molar-refractivity contribution in [1.82, 2.24) is 0 Å². The van der Waals surface area contributed by atoms with Gasteiger partial charge in [-0.1, -0.05) is 54.2 Å². The lowest BCUT2D eigenvalue weighted by Crippen LogP contribution is -2.04. The molecule has 0 heterocycles. The highest BCUT2D eigenvalue weighted by molar-refractivity contribution is 8.13. The molecule has 0 N–H and O–H groups in total. The molecule has 0 saturated heterocycles. The molecule has 114 valence electrons. The van der Waals surface area contributed by atoms with E-state index in [1.807, 2.05) is 24.3 Å². The van der Waals surface area contributed by atoms with Gasteiger partial charge in [-0.05, 0) is 30.5 Å². The highest BCUT2D eigenvalue weighted by Gasteiger charge is 2.14. The van der Waals surface area contributed by atoms with Gasteiger partial charge in [-0.2, -0.15) is 0 Å². The van der Waals surface area contributed by atoms with Gasteiger partial charge in [0, 0.05) is 11.3 Å². The Hall–Kier alpha value is -2.07. The fourth-order valence-electron chi connectivity index (χ4n) is 2.09. The van der Waals surface area contributed by atoms with Crippen LogP contribution in [-0.4, -0.2) is 18.2 Å². The number of ether oxygens (including phenoxy) is 1. The van der Waals surface area contributed by atoms with Crippen molar-refractivity contribution in [2.45, 2.75) is 24.2 Å². The molecular weight excluding hydrogens is 296 g/mol. The number of hydrogen-bond donors (Lipinski definition) is 0. The van der Waals surface area contributed by atoms with E-state index in [4.69, 9.17) is 4.74 Å². The van der Waals surface area contributed by atoms with E-state index in [0.29, 0.717) is 16.9 Å². The minimum atomic E-state index is -0.416. The van der Waals surface area contributed by atoms with Crippen LogP contribution in [0.15, 0.2) is 59.5 Å². The summed E-state index contributed by atoms with van der Waals surface area (Å²) >= 11 is 1.11. The third-order valence-electron chi connectivity index (χ3n) is 3.21. The number of esters is 1. The van der Waals surface area contributed by atoms with E-state index >= 15 is 0 Å². The highest BCUT2D eigenvalue weighted by atomic mass is 32.2. The van der Waals surface area contributed by atoms with Gasteiger partial charge in [-0.3, -0.25) is 4.79 Å². The maximum atomic E-state index is 12.1. The van der Waals surface area contributed by atoms with E-state index in [9.17, 15) is 9.59 Å². The number of thioether (sulfide) groups is 1. The molecule has 0 aliphatic heterocycles. The average molecular weight is 314 g/mol. The summed E-state index contributed by atoms with van der Waals surface area (Å²) in [6.07, 6.45) is 2.16. The van der Waals surface area contributed by atoms with Crippen molar-refractivity contribution >= 4 is 22.8 Å². The predicted octanol–water partition coefficient (Wildman–Crippen LogP) is 4.11. The van der Waals surface area contributed by atoms with E-state index in [1.165, 1.54) is 12.7 Å². The summed E-state index contributed by atoms with van der Waals surface area (Å²) in [5.74, 6) is -0.416. The molecule has 4 heteroatoms. The number of benzene rings is 2. The van der Waals surface area contributed by atoms with Gasteiger partial charge in [0.2, 0.25) is 0 Å². The molecule has 2 aromatic rings. The van der Waals surface area contributed by atoms with Crippen LogP contribution in [0.4, 0.5) is 0 Å². The summed E-state index contributed by atoms with van der Waals surface area (Å²) in [5.41, 5.74) is 1.67.